The van der Waals surface area contributed by atoms with Gasteiger partial charge in [-0.3, -0.25) is 9.69 Å². The van der Waals surface area contributed by atoms with E-state index in [1.165, 1.54) is 18.7 Å². The average molecular weight is 539 g/mol. The van der Waals surface area contributed by atoms with Crippen LogP contribution in [0, 0.1) is 0 Å². The molecule has 11 heteroatoms. The third kappa shape index (κ3) is 5.99. The lowest BCUT2D eigenvalue weighted by molar-refractivity contribution is -0.145. The largest absolute Gasteiger partial charge is 0.490 e. The van der Waals surface area contributed by atoms with Gasteiger partial charge in [-0.15, -0.1) is 10.2 Å². The molecule has 0 spiro atoms. The first-order valence-corrected chi connectivity index (χ1v) is 13.4. The lowest BCUT2D eigenvalue weighted by Gasteiger charge is -2.30. The fraction of sp³-hybridized carbons (Fsp3) is 0.370. The second kappa shape index (κ2) is 12.6. The average Bonchev–Trinajstić information content (AvgIpc) is 3.06. The highest BCUT2D eigenvalue weighted by molar-refractivity contribution is 7.99. The molecule has 1 amide bonds. The van der Waals surface area contributed by atoms with Crippen LogP contribution < -0.4 is 19.1 Å². The Kier molecular flexibility index (Phi) is 9.01. The van der Waals surface area contributed by atoms with Crippen molar-refractivity contribution in [2.24, 2.45) is 0 Å². The molecule has 1 aliphatic heterocycles. The molecule has 10 nitrogen and oxygen atoms in total. The minimum Gasteiger partial charge on any atom is -0.490 e. The molecule has 2 heterocycles. The molecule has 0 N–H and O–H groups in total. The molecule has 0 radical (unpaired) electrons. The van der Waals surface area contributed by atoms with E-state index in [1.54, 1.807) is 30.0 Å². The van der Waals surface area contributed by atoms with Crippen molar-refractivity contribution in [3.05, 3.63) is 48.0 Å². The number of fused-ring (bicyclic) bond motifs is 3. The lowest BCUT2D eigenvalue weighted by Crippen LogP contribution is -2.36. The van der Waals surface area contributed by atoms with Crippen molar-refractivity contribution in [2.75, 3.05) is 30.5 Å². The SMILES string of the molecule is CCCSc1nnc2c(n1)O[C@@H](c1ccc(OCC(=O)OCC)c(OCC)c1)N(C(C)=O)c1ccccc1-2. The van der Waals surface area contributed by atoms with Crippen LogP contribution >= 0.6 is 11.8 Å². The van der Waals surface area contributed by atoms with Gasteiger partial charge in [-0.05, 0) is 44.5 Å². The summed E-state index contributed by atoms with van der Waals surface area (Å²) in [6.07, 6.45) is 0.0781. The summed E-state index contributed by atoms with van der Waals surface area (Å²) in [5.74, 6) is 1.18. The lowest BCUT2D eigenvalue weighted by atomic mass is 10.1. The van der Waals surface area contributed by atoms with Crippen LogP contribution in [0.15, 0.2) is 47.6 Å². The predicted octanol–water partition coefficient (Wildman–Crippen LogP) is 4.83. The molecule has 38 heavy (non-hydrogen) atoms. The van der Waals surface area contributed by atoms with Crippen LogP contribution in [0.5, 0.6) is 17.4 Å². The molecule has 3 aromatic rings. The number of carbonyl (C=O) groups excluding carboxylic acids is 2. The third-order valence-corrected chi connectivity index (χ3v) is 6.53. The highest BCUT2D eigenvalue weighted by Crippen LogP contribution is 2.44. The highest BCUT2D eigenvalue weighted by Gasteiger charge is 2.35. The van der Waals surface area contributed by atoms with Gasteiger partial charge in [0.25, 0.3) is 0 Å². The molecular formula is C27H30N4O6S. The number of anilines is 1. The first kappa shape index (κ1) is 27.2. The summed E-state index contributed by atoms with van der Waals surface area (Å²) in [6.45, 7) is 7.50. The zero-order valence-electron chi connectivity index (χ0n) is 21.8. The fourth-order valence-corrected chi connectivity index (χ4v) is 4.56. The number of carbonyl (C=O) groups is 2. The van der Waals surface area contributed by atoms with Crippen LogP contribution in [-0.2, 0) is 14.3 Å². The molecule has 0 saturated carbocycles. The second-order valence-electron chi connectivity index (χ2n) is 8.21. The van der Waals surface area contributed by atoms with Crippen molar-refractivity contribution in [3.63, 3.8) is 0 Å². The Labute approximate surface area is 225 Å². The standard InChI is InChI=1S/C27H30N4O6S/c1-5-14-38-27-28-25-24(29-30-27)19-10-8-9-11-20(19)31(17(4)32)26(37-25)18-12-13-21(22(15-18)34-6-2)36-16-23(33)35-7-3/h8-13,15,26H,5-7,14,16H2,1-4H3/t26-/m0/s1. The van der Waals surface area contributed by atoms with Gasteiger partial charge in [0.2, 0.25) is 23.2 Å². The number of aromatic nitrogens is 3. The Morgan fingerprint density at radius 1 is 1.03 bits per heavy atom. The molecule has 4 rings (SSSR count). The second-order valence-corrected chi connectivity index (χ2v) is 9.27. The van der Waals surface area contributed by atoms with Gasteiger partial charge >= 0.3 is 5.97 Å². The molecule has 0 fully saturated rings. The minimum absolute atomic E-state index is 0.232. The van der Waals surface area contributed by atoms with Crippen LogP contribution in [-0.4, -0.2) is 52.6 Å². The molecule has 0 bridgehead atoms. The third-order valence-electron chi connectivity index (χ3n) is 5.49. The topological polar surface area (TPSA) is 113 Å². The summed E-state index contributed by atoms with van der Waals surface area (Å²) in [7, 11) is 0. The fourth-order valence-electron chi connectivity index (χ4n) is 3.93. The number of amides is 1. The van der Waals surface area contributed by atoms with E-state index in [0.717, 1.165) is 12.2 Å². The maximum Gasteiger partial charge on any atom is 0.344 e. The van der Waals surface area contributed by atoms with Gasteiger partial charge < -0.3 is 18.9 Å². The summed E-state index contributed by atoms with van der Waals surface area (Å²) in [5.41, 5.74) is 2.38. The number of ether oxygens (including phenoxy) is 4. The molecule has 1 aromatic heterocycles. The predicted molar refractivity (Wildman–Crippen MR) is 143 cm³/mol. The normalized spacial score (nSPS) is 14.0. The Morgan fingerprint density at radius 3 is 2.58 bits per heavy atom. The molecule has 200 valence electrons. The summed E-state index contributed by atoms with van der Waals surface area (Å²) < 4.78 is 22.8. The van der Waals surface area contributed by atoms with Crippen LogP contribution in [0.4, 0.5) is 5.69 Å². The van der Waals surface area contributed by atoms with E-state index >= 15 is 0 Å². The Hall–Kier alpha value is -3.86. The summed E-state index contributed by atoms with van der Waals surface area (Å²) in [6, 6.07) is 12.6. The summed E-state index contributed by atoms with van der Waals surface area (Å²) in [4.78, 5) is 31.1. The Bertz CT molecular complexity index is 1300. The van der Waals surface area contributed by atoms with Crippen molar-refractivity contribution >= 4 is 29.3 Å². The van der Waals surface area contributed by atoms with Crippen LogP contribution in [0.3, 0.4) is 0 Å². The number of rotatable bonds is 10. The number of hydrogen-bond acceptors (Lipinski definition) is 10. The summed E-state index contributed by atoms with van der Waals surface area (Å²) >= 11 is 1.49. The van der Waals surface area contributed by atoms with Crippen LogP contribution in [0.25, 0.3) is 11.3 Å². The number of nitrogens with zero attached hydrogens (tertiary/aromatic N) is 4. The molecule has 0 aliphatic carbocycles. The molecule has 0 saturated heterocycles. The van der Waals surface area contributed by atoms with Crippen molar-refractivity contribution in [1.82, 2.24) is 15.2 Å². The number of para-hydroxylation sites is 1. The van der Waals surface area contributed by atoms with Gasteiger partial charge in [-0.1, -0.05) is 36.9 Å². The van der Waals surface area contributed by atoms with Crippen molar-refractivity contribution in [3.8, 4) is 28.6 Å². The van der Waals surface area contributed by atoms with Crippen LogP contribution in [0.2, 0.25) is 0 Å². The van der Waals surface area contributed by atoms with Gasteiger partial charge in [0.1, 0.15) is 0 Å². The van der Waals surface area contributed by atoms with E-state index in [9.17, 15) is 9.59 Å². The van der Waals surface area contributed by atoms with Gasteiger partial charge in [-0.25, -0.2) is 4.79 Å². The van der Waals surface area contributed by atoms with Crippen LogP contribution in [0.1, 0.15) is 45.9 Å². The first-order chi connectivity index (χ1) is 18.5. The zero-order chi connectivity index (χ0) is 27.1. The highest BCUT2D eigenvalue weighted by atomic mass is 32.2. The maximum absolute atomic E-state index is 13.1. The van der Waals surface area contributed by atoms with E-state index in [2.05, 4.69) is 22.1 Å². The first-order valence-electron chi connectivity index (χ1n) is 12.4. The molecule has 2 aromatic carbocycles. The number of hydrogen-bond donors (Lipinski definition) is 0. The zero-order valence-corrected chi connectivity index (χ0v) is 22.6. The monoisotopic (exact) mass is 538 g/mol. The van der Waals surface area contributed by atoms with Gasteiger partial charge in [0.05, 0.1) is 18.9 Å². The number of benzene rings is 2. The van der Waals surface area contributed by atoms with Crippen molar-refractivity contribution < 1.29 is 28.5 Å². The molecule has 1 atom stereocenters. The number of esters is 1. The maximum atomic E-state index is 13.1. The van der Waals surface area contributed by atoms with E-state index in [1.807, 2.05) is 31.2 Å². The van der Waals surface area contributed by atoms with E-state index in [0.29, 0.717) is 45.8 Å². The van der Waals surface area contributed by atoms with Crippen molar-refractivity contribution in [2.45, 2.75) is 45.5 Å². The van der Waals surface area contributed by atoms with Crippen molar-refractivity contribution in [1.29, 1.82) is 0 Å². The quantitative estimate of drug-likeness (QED) is 0.263. The van der Waals surface area contributed by atoms with E-state index in [-0.39, 0.29) is 25.0 Å². The van der Waals surface area contributed by atoms with Gasteiger partial charge in [0, 0.05) is 23.8 Å². The van der Waals surface area contributed by atoms with E-state index < -0.39 is 12.2 Å². The molecule has 1 aliphatic rings. The molecule has 0 unspecified atom stereocenters. The van der Waals surface area contributed by atoms with Gasteiger partial charge in [-0.2, -0.15) is 4.98 Å². The van der Waals surface area contributed by atoms with Gasteiger partial charge in [0.15, 0.2) is 23.8 Å². The number of thioether (sulfide) groups is 1. The summed E-state index contributed by atoms with van der Waals surface area (Å²) in [5, 5.41) is 9.20. The Balaban J connectivity index is 1.79. The smallest absolute Gasteiger partial charge is 0.344 e. The molecular weight excluding hydrogens is 508 g/mol. The minimum atomic E-state index is -0.881. The Morgan fingerprint density at radius 2 is 1.84 bits per heavy atom. The van der Waals surface area contributed by atoms with E-state index in [4.69, 9.17) is 18.9 Å².